The van der Waals surface area contributed by atoms with Gasteiger partial charge in [-0.15, -0.1) is 0 Å². The molecular weight excluding hydrogens is 739 g/mol. The van der Waals surface area contributed by atoms with Gasteiger partial charge in [0.25, 0.3) is 0 Å². The van der Waals surface area contributed by atoms with E-state index >= 15 is 0 Å². The van der Waals surface area contributed by atoms with Crippen molar-refractivity contribution >= 4 is 5.91 Å². The van der Waals surface area contributed by atoms with E-state index in [0.29, 0.717) is 12.8 Å². The van der Waals surface area contributed by atoms with Gasteiger partial charge in [0.1, 0.15) is 36.6 Å². The fourth-order valence-corrected chi connectivity index (χ4v) is 7.79. The van der Waals surface area contributed by atoms with Crippen LogP contribution in [0.5, 0.6) is 0 Å². The average Bonchev–Trinajstić information content (AvgIpc) is 3.22. The number of carbonyl (C=O) groups is 1. The molecule has 1 saturated heterocycles. The number of aliphatic hydroxyl groups is 7. The van der Waals surface area contributed by atoms with Crippen LogP contribution in [0, 0.1) is 0 Å². The summed E-state index contributed by atoms with van der Waals surface area (Å²) >= 11 is 0. The van der Waals surface area contributed by atoms with Crippen molar-refractivity contribution in [3.63, 3.8) is 0 Å². The van der Waals surface area contributed by atoms with E-state index in [-0.39, 0.29) is 12.8 Å². The van der Waals surface area contributed by atoms with Gasteiger partial charge in [-0.1, -0.05) is 187 Å². The molecule has 0 aromatic rings. The zero-order valence-corrected chi connectivity index (χ0v) is 37.0. The Morgan fingerprint density at radius 1 is 0.586 bits per heavy atom. The maximum absolute atomic E-state index is 13.0. The maximum Gasteiger partial charge on any atom is 0.249 e. The molecule has 0 aromatic carbocycles. The van der Waals surface area contributed by atoms with E-state index in [1.165, 1.54) is 135 Å². The first-order valence-corrected chi connectivity index (χ1v) is 24.1. The highest BCUT2D eigenvalue weighted by Crippen LogP contribution is 2.23. The van der Waals surface area contributed by atoms with E-state index in [9.17, 15) is 40.5 Å². The SMILES string of the molecule is CCCCCCCCCCCCCCCCCC/C=C/CCCC(O)C(O)C(COC1OC(CO)C(O)C(O)C1O)NC(=O)C(O)CCCCCCCCCCCC. The Bertz CT molecular complexity index is 954. The van der Waals surface area contributed by atoms with Crippen LogP contribution >= 0.6 is 0 Å². The molecule has 9 unspecified atom stereocenters. The molecular formula is C47H91NO10. The normalized spacial score (nSPS) is 22.0. The number of aliphatic hydroxyl groups excluding tert-OH is 7. The molecule has 0 radical (unpaired) electrons. The number of rotatable bonds is 40. The summed E-state index contributed by atoms with van der Waals surface area (Å²) in [4.78, 5) is 13.0. The number of ether oxygens (including phenoxy) is 2. The van der Waals surface area contributed by atoms with Gasteiger partial charge in [-0.2, -0.15) is 0 Å². The van der Waals surface area contributed by atoms with Crippen LogP contribution in [-0.4, -0.2) is 110 Å². The molecule has 1 aliphatic heterocycles. The third kappa shape index (κ3) is 26.9. The van der Waals surface area contributed by atoms with Crippen molar-refractivity contribution < 1.29 is 50.0 Å². The molecule has 0 aromatic heterocycles. The highest BCUT2D eigenvalue weighted by molar-refractivity contribution is 5.80. The van der Waals surface area contributed by atoms with Crippen molar-refractivity contribution in [3.8, 4) is 0 Å². The molecule has 1 fully saturated rings. The van der Waals surface area contributed by atoms with Crippen molar-refractivity contribution in [2.45, 2.75) is 268 Å². The summed E-state index contributed by atoms with van der Waals surface area (Å²) in [5, 5.41) is 75.5. The Hall–Kier alpha value is -1.15. The second-order valence-corrected chi connectivity index (χ2v) is 17.2. The minimum atomic E-state index is -1.66. The van der Waals surface area contributed by atoms with E-state index in [2.05, 4.69) is 31.3 Å². The number of carbonyl (C=O) groups excluding carboxylic acids is 1. The van der Waals surface area contributed by atoms with Crippen molar-refractivity contribution in [1.29, 1.82) is 0 Å². The summed E-state index contributed by atoms with van der Waals surface area (Å²) in [6.45, 7) is 3.41. The second-order valence-electron chi connectivity index (χ2n) is 17.2. The lowest BCUT2D eigenvalue weighted by Gasteiger charge is -2.40. The largest absolute Gasteiger partial charge is 0.394 e. The molecule has 0 aliphatic carbocycles. The number of allylic oxidation sites excluding steroid dienone is 2. The molecule has 0 saturated carbocycles. The number of unbranched alkanes of at least 4 members (excludes halogenated alkanes) is 26. The number of amides is 1. The van der Waals surface area contributed by atoms with Gasteiger partial charge in [-0.05, 0) is 38.5 Å². The molecule has 1 aliphatic rings. The van der Waals surface area contributed by atoms with Crippen molar-refractivity contribution in [1.82, 2.24) is 5.32 Å². The average molecular weight is 830 g/mol. The Balaban J connectivity index is 2.40. The number of hydrogen-bond acceptors (Lipinski definition) is 10. The number of hydrogen-bond donors (Lipinski definition) is 8. The molecule has 0 spiro atoms. The van der Waals surface area contributed by atoms with Gasteiger partial charge in [0, 0.05) is 0 Å². The molecule has 344 valence electrons. The summed E-state index contributed by atoms with van der Waals surface area (Å²) in [5.74, 6) is -0.707. The third-order valence-corrected chi connectivity index (χ3v) is 11.8. The highest BCUT2D eigenvalue weighted by atomic mass is 16.7. The Morgan fingerprint density at radius 3 is 1.48 bits per heavy atom. The van der Waals surface area contributed by atoms with Crippen LogP contribution in [0.1, 0.15) is 213 Å². The van der Waals surface area contributed by atoms with Crippen LogP contribution in [0.25, 0.3) is 0 Å². The quantitative estimate of drug-likeness (QED) is 0.0222. The molecule has 1 heterocycles. The van der Waals surface area contributed by atoms with Crippen LogP contribution in [0.2, 0.25) is 0 Å². The van der Waals surface area contributed by atoms with Crippen LogP contribution in [0.15, 0.2) is 12.2 Å². The molecule has 1 amide bonds. The molecule has 11 nitrogen and oxygen atoms in total. The summed E-state index contributed by atoms with van der Waals surface area (Å²) in [5.41, 5.74) is 0. The van der Waals surface area contributed by atoms with Crippen LogP contribution < -0.4 is 5.32 Å². The van der Waals surface area contributed by atoms with Crippen molar-refractivity contribution in [2.75, 3.05) is 13.2 Å². The van der Waals surface area contributed by atoms with E-state index < -0.39 is 74.2 Å². The first-order chi connectivity index (χ1) is 28.2. The topological polar surface area (TPSA) is 189 Å². The minimum absolute atomic E-state index is 0.257. The number of nitrogens with one attached hydrogen (secondary N) is 1. The summed E-state index contributed by atoms with van der Waals surface area (Å²) < 4.78 is 11.1. The van der Waals surface area contributed by atoms with Crippen molar-refractivity contribution in [2.24, 2.45) is 0 Å². The highest BCUT2D eigenvalue weighted by Gasteiger charge is 2.44. The zero-order valence-electron chi connectivity index (χ0n) is 37.0. The van der Waals surface area contributed by atoms with Crippen LogP contribution in [0.3, 0.4) is 0 Å². The monoisotopic (exact) mass is 830 g/mol. The van der Waals surface area contributed by atoms with Gasteiger partial charge in [0.15, 0.2) is 6.29 Å². The van der Waals surface area contributed by atoms with Crippen molar-refractivity contribution in [3.05, 3.63) is 12.2 Å². The molecule has 1 rings (SSSR count). The van der Waals surface area contributed by atoms with Gasteiger partial charge in [-0.3, -0.25) is 4.79 Å². The second kappa shape index (κ2) is 37.6. The predicted molar refractivity (Wildman–Crippen MR) is 233 cm³/mol. The Kier molecular flexibility index (Phi) is 35.6. The fraction of sp³-hybridized carbons (Fsp3) is 0.936. The third-order valence-electron chi connectivity index (χ3n) is 11.8. The minimum Gasteiger partial charge on any atom is -0.394 e. The van der Waals surface area contributed by atoms with Crippen LogP contribution in [-0.2, 0) is 14.3 Å². The zero-order chi connectivity index (χ0) is 42.6. The smallest absolute Gasteiger partial charge is 0.249 e. The van der Waals surface area contributed by atoms with Gasteiger partial charge in [0.2, 0.25) is 5.91 Å². The van der Waals surface area contributed by atoms with E-state index in [1.807, 2.05) is 0 Å². The lowest BCUT2D eigenvalue weighted by atomic mass is 9.98. The van der Waals surface area contributed by atoms with Gasteiger partial charge < -0.3 is 50.5 Å². The van der Waals surface area contributed by atoms with E-state index in [0.717, 1.165) is 38.5 Å². The molecule has 8 N–H and O–H groups in total. The van der Waals surface area contributed by atoms with E-state index in [1.54, 1.807) is 0 Å². The Morgan fingerprint density at radius 2 is 1.02 bits per heavy atom. The first-order valence-electron chi connectivity index (χ1n) is 24.1. The Labute approximate surface area is 353 Å². The molecule has 9 atom stereocenters. The molecule has 11 heteroatoms. The van der Waals surface area contributed by atoms with Gasteiger partial charge >= 0.3 is 0 Å². The summed E-state index contributed by atoms with van der Waals surface area (Å²) in [7, 11) is 0. The molecule has 0 bridgehead atoms. The van der Waals surface area contributed by atoms with E-state index in [4.69, 9.17) is 9.47 Å². The standard InChI is InChI=1S/C47H91NO10/c1-3-5-7-9-11-13-15-16-17-18-19-20-21-22-23-24-25-27-28-30-32-34-39(50)42(52)38(37-57-47-45(55)44(54)43(53)41(36-49)58-47)48-46(56)40(51)35-33-31-29-26-14-12-10-8-6-4-2/h27-28,38-45,47,49-55H,3-26,29-37H2,1-2H3,(H,48,56)/b28-27+. The first kappa shape index (κ1) is 54.9. The lowest BCUT2D eigenvalue weighted by molar-refractivity contribution is -0.303. The van der Waals surface area contributed by atoms with Crippen LogP contribution in [0.4, 0.5) is 0 Å². The fourth-order valence-electron chi connectivity index (χ4n) is 7.79. The summed E-state index contributed by atoms with van der Waals surface area (Å²) in [6.07, 6.45) is 28.5. The van der Waals surface area contributed by atoms with Gasteiger partial charge in [-0.25, -0.2) is 0 Å². The predicted octanol–water partition coefficient (Wildman–Crippen LogP) is 8.06. The maximum atomic E-state index is 13.0. The lowest BCUT2D eigenvalue weighted by Crippen LogP contribution is -2.60. The summed E-state index contributed by atoms with van der Waals surface area (Å²) in [6, 6.07) is -1.18. The van der Waals surface area contributed by atoms with Gasteiger partial charge in [0.05, 0.1) is 25.4 Å². The molecule has 58 heavy (non-hydrogen) atoms.